The van der Waals surface area contributed by atoms with Gasteiger partial charge < -0.3 is 25.0 Å². The van der Waals surface area contributed by atoms with Crippen molar-refractivity contribution >= 4 is 5.91 Å². The Morgan fingerprint density at radius 1 is 1.23 bits per heavy atom. The first kappa shape index (κ1) is 15.4. The Balaban J connectivity index is 1.80. The number of ether oxygens (including phenoxy) is 1. The molecule has 22 heavy (non-hydrogen) atoms. The predicted molar refractivity (Wildman–Crippen MR) is 78.3 cm³/mol. The number of aliphatic hydroxyl groups excluding tert-OH is 3. The first-order chi connectivity index (χ1) is 10.6. The Hall–Kier alpha value is -1.47. The van der Waals surface area contributed by atoms with Crippen molar-refractivity contribution in [3.05, 3.63) is 35.4 Å². The molecule has 2 aliphatic rings. The highest BCUT2D eigenvalue weighted by Gasteiger charge is 2.43. The average molecular weight is 307 g/mol. The molecule has 120 valence electrons. The predicted octanol–water partition coefficient (Wildman–Crippen LogP) is 0.0766. The lowest BCUT2D eigenvalue weighted by Crippen LogP contribution is -2.32. The van der Waals surface area contributed by atoms with Gasteiger partial charge in [0.25, 0.3) is 5.91 Å². The van der Waals surface area contributed by atoms with Gasteiger partial charge in [0.1, 0.15) is 24.4 Å². The van der Waals surface area contributed by atoms with Gasteiger partial charge in [-0.1, -0.05) is 12.1 Å². The zero-order valence-electron chi connectivity index (χ0n) is 12.3. The minimum atomic E-state index is -1.13. The molecule has 2 heterocycles. The van der Waals surface area contributed by atoms with Crippen molar-refractivity contribution in [3.63, 3.8) is 0 Å². The second-order valence-electron chi connectivity index (χ2n) is 5.88. The molecule has 6 heteroatoms. The van der Waals surface area contributed by atoms with Gasteiger partial charge in [0.2, 0.25) is 0 Å². The molecule has 1 aromatic rings. The number of carbonyl (C=O) groups is 1. The number of benzene rings is 1. The van der Waals surface area contributed by atoms with Gasteiger partial charge in [-0.3, -0.25) is 4.79 Å². The van der Waals surface area contributed by atoms with Gasteiger partial charge in [-0.05, 0) is 30.5 Å². The van der Waals surface area contributed by atoms with Gasteiger partial charge in [-0.25, -0.2) is 0 Å². The Bertz CT molecular complexity index is 543. The van der Waals surface area contributed by atoms with Gasteiger partial charge in [0, 0.05) is 18.7 Å². The van der Waals surface area contributed by atoms with E-state index in [9.17, 15) is 15.0 Å². The summed E-state index contributed by atoms with van der Waals surface area (Å²) in [6.07, 6.45) is -1.74. The molecule has 0 radical (unpaired) electrons. The fraction of sp³-hybridized carbons (Fsp3) is 0.562. The zero-order chi connectivity index (χ0) is 15.7. The largest absolute Gasteiger partial charge is 0.394 e. The van der Waals surface area contributed by atoms with E-state index in [-0.39, 0.29) is 12.5 Å². The molecule has 3 N–H and O–H groups in total. The molecule has 1 amide bonds. The van der Waals surface area contributed by atoms with Crippen LogP contribution in [-0.2, 0) is 4.74 Å². The molecule has 0 aliphatic carbocycles. The van der Waals surface area contributed by atoms with Crippen molar-refractivity contribution in [1.29, 1.82) is 0 Å². The van der Waals surface area contributed by atoms with E-state index in [1.165, 1.54) is 0 Å². The lowest BCUT2D eigenvalue weighted by Gasteiger charge is -2.18. The topological polar surface area (TPSA) is 90.2 Å². The van der Waals surface area contributed by atoms with E-state index in [0.717, 1.165) is 25.9 Å². The van der Waals surface area contributed by atoms with E-state index < -0.39 is 24.4 Å². The minimum absolute atomic E-state index is 0.0221. The third-order valence-corrected chi connectivity index (χ3v) is 4.40. The number of carbonyl (C=O) groups excluding carboxylic acids is 1. The highest BCUT2D eigenvalue weighted by Crippen LogP contribution is 2.33. The number of nitrogens with zero attached hydrogens (tertiary/aromatic N) is 1. The number of hydrogen-bond acceptors (Lipinski definition) is 5. The Labute approximate surface area is 128 Å². The fourth-order valence-corrected chi connectivity index (χ4v) is 3.13. The Kier molecular flexibility index (Phi) is 4.44. The molecular formula is C16H21NO5. The minimum Gasteiger partial charge on any atom is -0.394 e. The lowest BCUT2D eigenvalue weighted by molar-refractivity contribution is -0.0227. The van der Waals surface area contributed by atoms with E-state index in [1.54, 1.807) is 24.3 Å². The quantitative estimate of drug-likeness (QED) is 0.735. The fourth-order valence-electron chi connectivity index (χ4n) is 3.13. The van der Waals surface area contributed by atoms with E-state index in [0.29, 0.717) is 11.1 Å². The standard InChI is InChI=1S/C16H21NO5/c18-9-12-13(19)14(20)15(22-12)10-4-3-5-11(8-10)16(21)17-6-1-2-7-17/h3-5,8,12-15,18-20H,1-2,6-7,9H2/t12-,13-,14-,15+/m1/s1. The van der Waals surface area contributed by atoms with Crippen molar-refractivity contribution in [2.45, 2.75) is 37.3 Å². The van der Waals surface area contributed by atoms with Gasteiger partial charge in [-0.15, -0.1) is 0 Å². The van der Waals surface area contributed by atoms with E-state index in [4.69, 9.17) is 9.84 Å². The van der Waals surface area contributed by atoms with Crippen LogP contribution in [0, 0.1) is 0 Å². The van der Waals surface area contributed by atoms with Crippen molar-refractivity contribution in [1.82, 2.24) is 4.90 Å². The second kappa shape index (κ2) is 6.34. The van der Waals surface area contributed by atoms with Crippen LogP contribution in [-0.4, -0.2) is 64.1 Å². The van der Waals surface area contributed by atoms with Crippen LogP contribution in [0.1, 0.15) is 34.9 Å². The van der Waals surface area contributed by atoms with Crippen molar-refractivity contribution in [2.24, 2.45) is 0 Å². The molecule has 0 aromatic heterocycles. The molecule has 2 saturated heterocycles. The molecule has 2 aliphatic heterocycles. The summed E-state index contributed by atoms with van der Waals surface area (Å²) < 4.78 is 5.51. The highest BCUT2D eigenvalue weighted by atomic mass is 16.6. The third-order valence-electron chi connectivity index (χ3n) is 4.40. The number of amides is 1. The summed E-state index contributed by atoms with van der Waals surface area (Å²) in [5.74, 6) is -0.0221. The summed E-state index contributed by atoms with van der Waals surface area (Å²) in [6, 6.07) is 6.93. The summed E-state index contributed by atoms with van der Waals surface area (Å²) in [6.45, 7) is 1.19. The van der Waals surface area contributed by atoms with Crippen molar-refractivity contribution in [2.75, 3.05) is 19.7 Å². The zero-order valence-corrected chi connectivity index (χ0v) is 12.3. The van der Waals surface area contributed by atoms with Crippen molar-refractivity contribution in [3.8, 4) is 0 Å². The van der Waals surface area contributed by atoms with Crippen LogP contribution in [0.15, 0.2) is 24.3 Å². The molecule has 3 rings (SSSR count). The number of rotatable bonds is 3. The average Bonchev–Trinajstić information content (AvgIpc) is 3.17. The van der Waals surface area contributed by atoms with Gasteiger partial charge in [0.15, 0.2) is 0 Å². The SMILES string of the molecule is O=C(c1cccc([C@@H]2O[C@H](CO)[C@@H](O)[C@H]2O)c1)N1CCCC1. The molecule has 0 bridgehead atoms. The summed E-state index contributed by atoms with van der Waals surface area (Å²) in [4.78, 5) is 14.2. The molecular weight excluding hydrogens is 286 g/mol. The first-order valence-corrected chi connectivity index (χ1v) is 7.63. The van der Waals surface area contributed by atoms with Crippen LogP contribution in [0.4, 0.5) is 0 Å². The second-order valence-corrected chi connectivity index (χ2v) is 5.88. The number of hydrogen-bond donors (Lipinski definition) is 3. The van der Waals surface area contributed by atoms with Crippen LogP contribution in [0.3, 0.4) is 0 Å². The van der Waals surface area contributed by atoms with Crippen molar-refractivity contribution < 1.29 is 24.9 Å². The maximum absolute atomic E-state index is 12.4. The van der Waals surface area contributed by atoms with Crippen LogP contribution < -0.4 is 0 Å². The molecule has 1 aromatic carbocycles. The third kappa shape index (κ3) is 2.75. The van der Waals surface area contributed by atoms with Crippen LogP contribution >= 0.6 is 0 Å². The molecule has 0 spiro atoms. The normalized spacial score (nSPS) is 31.7. The molecule has 0 saturated carbocycles. The van der Waals surface area contributed by atoms with Crippen LogP contribution in [0.5, 0.6) is 0 Å². The summed E-state index contributed by atoms with van der Waals surface area (Å²) in [5, 5.41) is 29.1. The van der Waals surface area contributed by atoms with Gasteiger partial charge in [-0.2, -0.15) is 0 Å². The molecule has 6 nitrogen and oxygen atoms in total. The lowest BCUT2D eigenvalue weighted by atomic mass is 9.99. The van der Waals surface area contributed by atoms with Crippen LogP contribution in [0.25, 0.3) is 0 Å². The maximum atomic E-state index is 12.4. The molecule has 0 unspecified atom stereocenters. The maximum Gasteiger partial charge on any atom is 0.253 e. The summed E-state index contributed by atoms with van der Waals surface area (Å²) in [7, 11) is 0. The number of likely N-dealkylation sites (tertiary alicyclic amines) is 1. The highest BCUT2D eigenvalue weighted by molar-refractivity contribution is 5.94. The monoisotopic (exact) mass is 307 g/mol. The summed E-state index contributed by atoms with van der Waals surface area (Å²) in [5.41, 5.74) is 1.18. The summed E-state index contributed by atoms with van der Waals surface area (Å²) >= 11 is 0. The molecule has 2 fully saturated rings. The first-order valence-electron chi connectivity index (χ1n) is 7.63. The van der Waals surface area contributed by atoms with Gasteiger partial charge >= 0.3 is 0 Å². The smallest absolute Gasteiger partial charge is 0.253 e. The van der Waals surface area contributed by atoms with E-state index >= 15 is 0 Å². The van der Waals surface area contributed by atoms with E-state index in [1.807, 2.05) is 4.90 Å². The van der Waals surface area contributed by atoms with E-state index in [2.05, 4.69) is 0 Å². The Morgan fingerprint density at radius 2 is 1.95 bits per heavy atom. The van der Waals surface area contributed by atoms with Crippen LogP contribution in [0.2, 0.25) is 0 Å². The number of aliphatic hydroxyl groups is 3. The Morgan fingerprint density at radius 3 is 2.59 bits per heavy atom. The van der Waals surface area contributed by atoms with Gasteiger partial charge in [0.05, 0.1) is 6.61 Å². The molecule has 4 atom stereocenters.